The van der Waals surface area contributed by atoms with Gasteiger partial charge in [-0.05, 0) is 36.0 Å². The van der Waals surface area contributed by atoms with E-state index in [1.165, 1.54) is 11.8 Å². The topological polar surface area (TPSA) is 79.2 Å². The number of carbonyl (C=O) groups is 2. The summed E-state index contributed by atoms with van der Waals surface area (Å²) in [6, 6.07) is 9.52. The summed E-state index contributed by atoms with van der Waals surface area (Å²) in [5, 5.41) is 14.5. The van der Waals surface area contributed by atoms with Crippen molar-refractivity contribution >= 4 is 35.1 Å². The average Bonchev–Trinajstić information content (AvgIpc) is 2.69. The SMILES string of the molecule is CCCOC(=O)CSC1=C(C#N)C(c2ccc(Cl)cc2)C2=C(CC(C)(C)CC2=O)N1. The number of dihydropyridines is 1. The average molecular weight is 445 g/mol. The van der Waals surface area contributed by atoms with Gasteiger partial charge in [0, 0.05) is 22.7 Å². The van der Waals surface area contributed by atoms with Crippen molar-refractivity contribution in [2.24, 2.45) is 5.41 Å². The maximum Gasteiger partial charge on any atom is 0.316 e. The lowest BCUT2D eigenvalue weighted by Crippen LogP contribution is -2.37. The van der Waals surface area contributed by atoms with Gasteiger partial charge in [0.2, 0.25) is 0 Å². The molecule has 1 unspecified atom stereocenters. The van der Waals surface area contributed by atoms with Crippen LogP contribution in [-0.4, -0.2) is 24.1 Å². The third kappa shape index (κ3) is 4.91. The predicted octanol–water partition coefficient (Wildman–Crippen LogP) is 5.09. The minimum Gasteiger partial charge on any atom is -0.465 e. The van der Waals surface area contributed by atoms with Crippen molar-refractivity contribution in [3.63, 3.8) is 0 Å². The molecule has 0 radical (unpaired) electrons. The van der Waals surface area contributed by atoms with E-state index < -0.39 is 5.92 Å². The number of nitrogens with zero attached hydrogens (tertiary/aromatic N) is 1. The summed E-state index contributed by atoms with van der Waals surface area (Å²) < 4.78 is 5.16. The van der Waals surface area contributed by atoms with Gasteiger partial charge in [0.05, 0.1) is 34.9 Å². The summed E-state index contributed by atoms with van der Waals surface area (Å²) in [5.41, 5.74) is 2.58. The van der Waals surface area contributed by atoms with Gasteiger partial charge in [0.25, 0.3) is 0 Å². The van der Waals surface area contributed by atoms with E-state index >= 15 is 0 Å². The molecule has 5 nitrogen and oxygen atoms in total. The lowest BCUT2D eigenvalue weighted by Gasteiger charge is -2.39. The zero-order valence-electron chi connectivity index (χ0n) is 17.4. The maximum atomic E-state index is 13.1. The number of carbonyl (C=O) groups excluding carboxylic acids is 2. The molecule has 158 valence electrons. The fourth-order valence-corrected chi connectivity index (χ4v) is 4.85. The Balaban J connectivity index is 2.01. The van der Waals surface area contributed by atoms with E-state index in [0.717, 1.165) is 17.7 Å². The summed E-state index contributed by atoms with van der Waals surface area (Å²) in [7, 11) is 0. The first-order valence-electron chi connectivity index (χ1n) is 9.97. The Morgan fingerprint density at radius 1 is 1.33 bits per heavy atom. The molecule has 1 aliphatic heterocycles. The van der Waals surface area contributed by atoms with Crippen LogP contribution in [0.2, 0.25) is 5.02 Å². The highest BCUT2D eigenvalue weighted by Crippen LogP contribution is 2.47. The molecule has 0 bridgehead atoms. The summed E-state index contributed by atoms with van der Waals surface area (Å²) in [6.07, 6.45) is 1.89. The van der Waals surface area contributed by atoms with Crippen LogP contribution in [-0.2, 0) is 14.3 Å². The number of ether oxygens (including phenoxy) is 1. The van der Waals surface area contributed by atoms with Gasteiger partial charge in [-0.15, -0.1) is 0 Å². The van der Waals surface area contributed by atoms with Crippen LogP contribution in [0.4, 0.5) is 0 Å². The van der Waals surface area contributed by atoms with Crippen molar-refractivity contribution in [3.8, 4) is 6.07 Å². The monoisotopic (exact) mass is 444 g/mol. The molecule has 1 atom stereocenters. The summed E-state index contributed by atoms with van der Waals surface area (Å²) in [4.78, 5) is 25.1. The minimum absolute atomic E-state index is 0.0489. The summed E-state index contributed by atoms with van der Waals surface area (Å²) in [6.45, 7) is 6.44. The first kappa shape index (κ1) is 22.5. The van der Waals surface area contributed by atoms with Crippen LogP contribution in [0.1, 0.15) is 51.5 Å². The molecule has 0 spiro atoms. The molecule has 1 aromatic carbocycles. The van der Waals surface area contributed by atoms with Crippen LogP contribution in [0.25, 0.3) is 0 Å². The Morgan fingerprint density at radius 3 is 2.67 bits per heavy atom. The molecule has 30 heavy (non-hydrogen) atoms. The van der Waals surface area contributed by atoms with Crippen LogP contribution in [0.5, 0.6) is 0 Å². The Hall–Kier alpha value is -2.23. The number of esters is 1. The van der Waals surface area contributed by atoms with E-state index in [-0.39, 0.29) is 22.9 Å². The molecule has 3 rings (SSSR count). The van der Waals surface area contributed by atoms with Gasteiger partial charge >= 0.3 is 5.97 Å². The summed E-state index contributed by atoms with van der Waals surface area (Å²) >= 11 is 7.30. The fraction of sp³-hybridized carbons (Fsp3) is 0.435. The van der Waals surface area contributed by atoms with Crippen LogP contribution in [0, 0.1) is 16.7 Å². The van der Waals surface area contributed by atoms with Gasteiger partial charge in [-0.1, -0.05) is 56.3 Å². The molecule has 0 saturated carbocycles. The minimum atomic E-state index is -0.471. The predicted molar refractivity (Wildman–Crippen MR) is 119 cm³/mol. The maximum absolute atomic E-state index is 13.1. The highest BCUT2D eigenvalue weighted by atomic mass is 35.5. The van der Waals surface area contributed by atoms with E-state index in [2.05, 4.69) is 25.2 Å². The van der Waals surface area contributed by atoms with Crippen molar-refractivity contribution in [3.05, 3.63) is 56.7 Å². The van der Waals surface area contributed by atoms with E-state index in [1.807, 2.05) is 19.1 Å². The van der Waals surface area contributed by atoms with Crippen molar-refractivity contribution in [2.75, 3.05) is 12.4 Å². The number of hydrogen-bond donors (Lipinski definition) is 1. The van der Waals surface area contributed by atoms with Gasteiger partial charge in [-0.25, -0.2) is 0 Å². The lowest BCUT2D eigenvalue weighted by atomic mass is 9.69. The van der Waals surface area contributed by atoms with E-state index in [0.29, 0.717) is 40.6 Å². The van der Waals surface area contributed by atoms with Gasteiger partial charge in [0.1, 0.15) is 0 Å². The van der Waals surface area contributed by atoms with Gasteiger partial charge in [0.15, 0.2) is 5.78 Å². The van der Waals surface area contributed by atoms with Crippen LogP contribution in [0.15, 0.2) is 46.1 Å². The molecule has 0 aromatic heterocycles. The van der Waals surface area contributed by atoms with Crippen molar-refractivity contribution in [1.29, 1.82) is 5.26 Å². The molecular formula is C23H25ClN2O3S. The first-order valence-corrected chi connectivity index (χ1v) is 11.3. The second-order valence-electron chi connectivity index (χ2n) is 8.31. The number of rotatable bonds is 6. The van der Waals surface area contributed by atoms with E-state index in [9.17, 15) is 14.9 Å². The zero-order valence-corrected chi connectivity index (χ0v) is 19.0. The Bertz CT molecular complexity index is 958. The second-order valence-corrected chi connectivity index (χ2v) is 9.73. The molecular weight excluding hydrogens is 420 g/mol. The van der Waals surface area contributed by atoms with Crippen molar-refractivity contribution < 1.29 is 14.3 Å². The van der Waals surface area contributed by atoms with E-state index in [1.54, 1.807) is 12.1 Å². The van der Waals surface area contributed by atoms with Crippen LogP contribution >= 0.6 is 23.4 Å². The number of thioether (sulfide) groups is 1. The largest absolute Gasteiger partial charge is 0.465 e. The number of hydrogen-bond acceptors (Lipinski definition) is 6. The number of Topliss-reactive ketones (excluding diaryl/α,β-unsaturated/α-hetero) is 1. The first-order chi connectivity index (χ1) is 14.3. The third-order valence-electron chi connectivity index (χ3n) is 5.13. The molecule has 1 heterocycles. The number of nitriles is 1. The molecule has 1 N–H and O–H groups in total. The summed E-state index contributed by atoms with van der Waals surface area (Å²) in [5.74, 6) is -0.647. The molecule has 0 fully saturated rings. The van der Waals surface area contributed by atoms with Crippen LogP contribution in [0.3, 0.4) is 0 Å². The zero-order chi connectivity index (χ0) is 21.9. The van der Waals surface area contributed by atoms with Gasteiger partial charge < -0.3 is 10.1 Å². The smallest absolute Gasteiger partial charge is 0.316 e. The Kier molecular flexibility index (Phi) is 6.95. The number of halogens is 1. The quantitative estimate of drug-likeness (QED) is 0.615. The normalized spacial score (nSPS) is 20.4. The highest BCUT2D eigenvalue weighted by Gasteiger charge is 2.41. The van der Waals surface area contributed by atoms with E-state index in [4.69, 9.17) is 16.3 Å². The highest BCUT2D eigenvalue weighted by molar-refractivity contribution is 8.03. The number of ketones is 1. The standard InChI is InChI=1S/C23H25ClN2O3S/c1-4-9-29-19(28)13-30-22-16(12-25)20(14-5-7-15(24)8-6-14)21-17(26-22)10-23(2,3)11-18(21)27/h5-8,20,26H,4,9-11,13H2,1-3H3. The Labute approximate surface area is 186 Å². The molecule has 0 saturated heterocycles. The molecule has 1 aromatic rings. The number of benzene rings is 1. The molecule has 2 aliphatic rings. The molecule has 0 amide bonds. The number of nitrogens with one attached hydrogen (secondary N) is 1. The number of allylic oxidation sites excluding steroid dienone is 3. The van der Waals surface area contributed by atoms with Crippen molar-refractivity contribution in [2.45, 2.75) is 46.0 Å². The van der Waals surface area contributed by atoms with Crippen molar-refractivity contribution in [1.82, 2.24) is 5.32 Å². The molecule has 1 aliphatic carbocycles. The van der Waals surface area contributed by atoms with Crippen LogP contribution < -0.4 is 5.32 Å². The fourth-order valence-electron chi connectivity index (χ4n) is 3.87. The Morgan fingerprint density at radius 2 is 2.03 bits per heavy atom. The third-order valence-corrected chi connectivity index (χ3v) is 6.37. The van der Waals surface area contributed by atoms with Gasteiger partial charge in [-0.3, -0.25) is 9.59 Å². The molecule has 7 heteroatoms. The lowest BCUT2D eigenvalue weighted by molar-refractivity contribution is -0.140. The second kappa shape index (κ2) is 9.28. The van der Waals surface area contributed by atoms with Gasteiger partial charge in [-0.2, -0.15) is 5.26 Å².